The van der Waals surface area contributed by atoms with E-state index in [4.69, 9.17) is 16.3 Å². The Kier molecular flexibility index (Phi) is 3.17. The molecule has 0 saturated carbocycles. The van der Waals surface area contributed by atoms with Gasteiger partial charge in [0.25, 0.3) is 0 Å². The van der Waals surface area contributed by atoms with Crippen molar-refractivity contribution in [3.05, 3.63) is 28.3 Å². The Bertz CT molecular complexity index is 359. The van der Waals surface area contributed by atoms with E-state index in [1.54, 1.807) is 7.11 Å². The maximum Gasteiger partial charge on any atom is 0.125 e. The van der Waals surface area contributed by atoms with Crippen molar-refractivity contribution in [2.24, 2.45) is 0 Å². The maximum atomic E-state index is 6.27. The molecule has 15 heavy (non-hydrogen) atoms. The van der Waals surface area contributed by atoms with E-state index in [1.807, 2.05) is 19.1 Å². The zero-order valence-corrected chi connectivity index (χ0v) is 9.90. The van der Waals surface area contributed by atoms with Crippen LogP contribution in [0.25, 0.3) is 0 Å². The van der Waals surface area contributed by atoms with Crippen LogP contribution in [-0.2, 0) is 0 Å². The van der Waals surface area contributed by atoms with Crippen LogP contribution in [0.5, 0.6) is 5.75 Å². The first-order valence-corrected chi connectivity index (χ1v) is 5.67. The van der Waals surface area contributed by atoms with Gasteiger partial charge in [-0.25, -0.2) is 0 Å². The predicted molar refractivity (Wildman–Crippen MR) is 62.7 cm³/mol. The standard InChI is InChI=1S/C12H16ClNO/c1-8-6-9(13)12(11(7-8)15-2)10-4-3-5-14-10/h6-7,10,14H,3-5H2,1-2H3. The molecular formula is C12H16ClNO. The van der Waals surface area contributed by atoms with Crippen molar-refractivity contribution in [2.75, 3.05) is 13.7 Å². The van der Waals surface area contributed by atoms with Gasteiger partial charge in [-0.05, 0) is 44.0 Å². The summed E-state index contributed by atoms with van der Waals surface area (Å²) in [4.78, 5) is 0. The Morgan fingerprint density at radius 2 is 2.27 bits per heavy atom. The largest absolute Gasteiger partial charge is 0.496 e. The summed E-state index contributed by atoms with van der Waals surface area (Å²) in [5.74, 6) is 0.902. The van der Waals surface area contributed by atoms with Gasteiger partial charge in [-0.15, -0.1) is 0 Å². The first-order valence-electron chi connectivity index (χ1n) is 5.30. The molecule has 1 N–H and O–H groups in total. The van der Waals surface area contributed by atoms with Gasteiger partial charge < -0.3 is 10.1 Å². The molecule has 0 spiro atoms. The van der Waals surface area contributed by atoms with Gasteiger partial charge in [0.05, 0.1) is 7.11 Å². The molecule has 3 heteroatoms. The van der Waals surface area contributed by atoms with Crippen molar-refractivity contribution in [2.45, 2.75) is 25.8 Å². The number of ether oxygens (including phenoxy) is 1. The minimum absolute atomic E-state index is 0.355. The lowest BCUT2D eigenvalue weighted by Crippen LogP contribution is -2.14. The number of halogens is 1. The van der Waals surface area contributed by atoms with E-state index in [2.05, 4.69) is 5.32 Å². The molecule has 1 heterocycles. The first-order chi connectivity index (χ1) is 7.22. The molecule has 0 radical (unpaired) electrons. The lowest BCUT2D eigenvalue weighted by Gasteiger charge is -2.17. The third-order valence-electron chi connectivity index (χ3n) is 2.86. The number of nitrogens with one attached hydrogen (secondary N) is 1. The summed E-state index contributed by atoms with van der Waals surface area (Å²) < 4.78 is 5.39. The van der Waals surface area contributed by atoms with Crippen molar-refractivity contribution in [1.82, 2.24) is 5.32 Å². The smallest absolute Gasteiger partial charge is 0.125 e. The van der Waals surface area contributed by atoms with Gasteiger partial charge in [0.15, 0.2) is 0 Å². The summed E-state index contributed by atoms with van der Waals surface area (Å²) in [6.45, 7) is 3.10. The van der Waals surface area contributed by atoms with Crippen LogP contribution in [0.3, 0.4) is 0 Å². The molecule has 1 fully saturated rings. The highest BCUT2D eigenvalue weighted by molar-refractivity contribution is 6.31. The van der Waals surface area contributed by atoms with Crippen LogP contribution in [0.2, 0.25) is 5.02 Å². The van der Waals surface area contributed by atoms with Gasteiger partial charge in [-0.2, -0.15) is 0 Å². The Hall–Kier alpha value is -0.730. The van der Waals surface area contributed by atoms with Gasteiger partial charge in [0.2, 0.25) is 0 Å². The predicted octanol–water partition coefficient (Wildman–Crippen LogP) is 3.08. The Labute approximate surface area is 95.6 Å². The molecule has 1 aliphatic heterocycles. The lowest BCUT2D eigenvalue weighted by molar-refractivity contribution is 0.403. The van der Waals surface area contributed by atoms with Gasteiger partial charge in [0.1, 0.15) is 5.75 Å². The molecule has 82 valence electrons. The highest BCUT2D eigenvalue weighted by atomic mass is 35.5. The van der Waals surface area contributed by atoms with E-state index in [9.17, 15) is 0 Å². The third kappa shape index (κ3) is 2.11. The van der Waals surface area contributed by atoms with E-state index < -0.39 is 0 Å². The van der Waals surface area contributed by atoms with Gasteiger partial charge in [-0.3, -0.25) is 0 Å². The normalized spacial score (nSPS) is 20.6. The van der Waals surface area contributed by atoms with Gasteiger partial charge in [-0.1, -0.05) is 11.6 Å². The first kappa shape index (κ1) is 10.8. The molecule has 0 aliphatic carbocycles. The highest BCUT2D eigenvalue weighted by Crippen LogP contribution is 2.37. The highest BCUT2D eigenvalue weighted by Gasteiger charge is 2.22. The Morgan fingerprint density at radius 3 is 2.87 bits per heavy atom. The molecule has 1 unspecified atom stereocenters. The molecule has 0 aromatic heterocycles. The van der Waals surface area contributed by atoms with Crippen molar-refractivity contribution in [1.29, 1.82) is 0 Å². The van der Waals surface area contributed by atoms with E-state index >= 15 is 0 Å². The topological polar surface area (TPSA) is 21.3 Å². The number of hydrogen-bond acceptors (Lipinski definition) is 2. The molecule has 1 aromatic rings. The van der Waals surface area contributed by atoms with E-state index in [0.717, 1.165) is 34.9 Å². The summed E-state index contributed by atoms with van der Waals surface area (Å²) in [7, 11) is 1.70. The summed E-state index contributed by atoms with van der Waals surface area (Å²) in [5.41, 5.74) is 2.25. The lowest BCUT2D eigenvalue weighted by atomic mass is 10.0. The maximum absolute atomic E-state index is 6.27. The van der Waals surface area contributed by atoms with Gasteiger partial charge >= 0.3 is 0 Å². The second kappa shape index (κ2) is 4.42. The van der Waals surface area contributed by atoms with Crippen molar-refractivity contribution in [3.63, 3.8) is 0 Å². The van der Waals surface area contributed by atoms with Gasteiger partial charge in [0, 0.05) is 16.6 Å². The van der Waals surface area contributed by atoms with Crippen LogP contribution in [-0.4, -0.2) is 13.7 Å². The van der Waals surface area contributed by atoms with E-state index in [1.165, 1.54) is 6.42 Å². The number of rotatable bonds is 2. The molecule has 1 aliphatic rings. The fraction of sp³-hybridized carbons (Fsp3) is 0.500. The fourth-order valence-electron chi connectivity index (χ4n) is 2.16. The summed E-state index contributed by atoms with van der Waals surface area (Å²) in [6.07, 6.45) is 2.34. The van der Waals surface area contributed by atoms with Crippen LogP contribution in [0.1, 0.15) is 30.0 Å². The number of benzene rings is 1. The van der Waals surface area contributed by atoms with E-state index in [0.29, 0.717) is 6.04 Å². The molecule has 0 bridgehead atoms. The van der Waals surface area contributed by atoms with Crippen LogP contribution < -0.4 is 10.1 Å². The molecule has 0 amide bonds. The monoisotopic (exact) mass is 225 g/mol. The molecule has 2 rings (SSSR count). The van der Waals surface area contributed by atoms with Crippen LogP contribution in [0.4, 0.5) is 0 Å². The fourth-order valence-corrected chi connectivity index (χ4v) is 2.56. The Balaban J connectivity index is 2.43. The van der Waals surface area contributed by atoms with E-state index in [-0.39, 0.29) is 0 Å². The van der Waals surface area contributed by atoms with Crippen molar-refractivity contribution < 1.29 is 4.74 Å². The quantitative estimate of drug-likeness (QED) is 0.835. The SMILES string of the molecule is COc1cc(C)cc(Cl)c1C1CCCN1. The molecule has 1 saturated heterocycles. The van der Waals surface area contributed by atoms with Crippen LogP contribution in [0, 0.1) is 6.92 Å². The zero-order valence-electron chi connectivity index (χ0n) is 9.14. The second-order valence-corrected chi connectivity index (χ2v) is 4.42. The minimum Gasteiger partial charge on any atom is -0.496 e. The van der Waals surface area contributed by atoms with Crippen LogP contribution >= 0.6 is 11.6 Å². The number of methoxy groups -OCH3 is 1. The summed E-state index contributed by atoms with van der Waals surface area (Å²) in [5, 5.41) is 4.25. The molecule has 1 aromatic carbocycles. The second-order valence-electron chi connectivity index (χ2n) is 4.01. The summed E-state index contributed by atoms with van der Waals surface area (Å²) >= 11 is 6.27. The van der Waals surface area contributed by atoms with Crippen LogP contribution in [0.15, 0.2) is 12.1 Å². The third-order valence-corrected chi connectivity index (χ3v) is 3.18. The molecular weight excluding hydrogens is 210 g/mol. The average Bonchev–Trinajstić information content (AvgIpc) is 2.69. The summed E-state index contributed by atoms with van der Waals surface area (Å²) in [6, 6.07) is 4.40. The van der Waals surface area contributed by atoms with Crippen molar-refractivity contribution in [3.8, 4) is 5.75 Å². The molecule has 1 atom stereocenters. The average molecular weight is 226 g/mol. The van der Waals surface area contributed by atoms with Crippen molar-refractivity contribution >= 4 is 11.6 Å². The molecule has 2 nitrogen and oxygen atoms in total. The number of aryl methyl sites for hydroxylation is 1. The zero-order chi connectivity index (χ0) is 10.8. The number of hydrogen-bond donors (Lipinski definition) is 1. The minimum atomic E-state index is 0.355. The Morgan fingerprint density at radius 1 is 1.47 bits per heavy atom.